The Labute approximate surface area is 97.0 Å². The molecule has 0 aliphatic heterocycles. The quantitative estimate of drug-likeness (QED) is 0.895. The standard InChI is InChI=1S/C11H13BrFNO/c1-3-4-11(15)14-10-6-8(12)7(2)5-9(10)13/h5-6H,3-4H2,1-2H3,(H,14,15). The molecule has 1 rings (SSSR count). The first-order valence-corrected chi connectivity index (χ1v) is 5.59. The second-order valence-corrected chi connectivity index (χ2v) is 4.23. The monoisotopic (exact) mass is 273 g/mol. The summed E-state index contributed by atoms with van der Waals surface area (Å²) >= 11 is 3.29. The zero-order valence-corrected chi connectivity index (χ0v) is 10.3. The van der Waals surface area contributed by atoms with Crippen LogP contribution in [-0.2, 0) is 4.79 Å². The van der Waals surface area contributed by atoms with Gasteiger partial charge in [-0.25, -0.2) is 4.39 Å². The maximum Gasteiger partial charge on any atom is 0.224 e. The first-order chi connectivity index (χ1) is 7.04. The summed E-state index contributed by atoms with van der Waals surface area (Å²) in [5.74, 6) is -0.563. The van der Waals surface area contributed by atoms with E-state index in [1.807, 2.05) is 6.92 Å². The molecule has 0 atom stereocenters. The van der Waals surface area contributed by atoms with Crippen LogP contribution in [0.2, 0.25) is 0 Å². The van der Waals surface area contributed by atoms with Gasteiger partial charge >= 0.3 is 0 Å². The van der Waals surface area contributed by atoms with Crippen LogP contribution in [0.4, 0.5) is 10.1 Å². The maximum absolute atomic E-state index is 13.4. The van der Waals surface area contributed by atoms with Crippen LogP contribution < -0.4 is 5.32 Å². The summed E-state index contributed by atoms with van der Waals surface area (Å²) in [7, 11) is 0. The molecule has 1 aromatic rings. The predicted molar refractivity (Wildman–Crippen MR) is 62.4 cm³/mol. The van der Waals surface area contributed by atoms with E-state index in [-0.39, 0.29) is 11.6 Å². The summed E-state index contributed by atoms with van der Waals surface area (Å²) in [5, 5.41) is 2.54. The Morgan fingerprint density at radius 2 is 2.20 bits per heavy atom. The topological polar surface area (TPSA) is 29.1 Å². The van der Waals surface area contributed by atoms with Gasteiger partial charge in [0.1, 0.15) is 5.82 Å². The van der Waals surface area contributed by atoms with Gasteiger partial charge < -0.3 is 5.32 Å². The molecule has 1 N–H and O–H groups in total. The molecule has 2 nitrogen and oxygen atoms in total. The zero-order chi connectivity index (χ0) is 11.4. The van der Waals surface area contributed by atoms with Crippen LogP contribution >= 0.6 is 15.9 Å². The van der Waals surface area contributed by atoms with Crippen molar-refractivity contribution in [2.75, 3.05) is 5.32 Å². The average Bonchev–Trinajstić information content (AvgIpc) is 2.14. The van der Waals surface area contributed by atoms with Crippen LogP contribution in [0, 0.1) is 12.7 Å². The summed E-state index contributed by atoms with van der Waals surface area (Å²) in [6.45, 7) is 3.70. The van der Waals surface area contributed by atoms with Crippen molar-refractivity contribution in [2.24, 2.45) is 0 Å². The zero-order valence-electron chi connectivity index (χ0n) is 8.73. The van der Waals surface area contributed by atoms with Gasteiger partial charge in [0, 0.05) is 10.9 Å². The highest BCUT2D eigenvalue weighted by molar-refractivity contribution is 9.10. The molecule has 0 spiro atoms. The summed E-state index contributed by atoms with van der Waals surface area (Å²) < 4.78 is 14.2. The number of nitrogens with one attached hydrogen (secondary N) is 1. The molecule has 0 aliphatic carbocycles. The van der Waals surface area contributed by atoms with Crippen LogP contribution in [0.1, 0.15) is 25.3 Å². The Morgan fingerprint density at radius 3 is 2.80 bits per heavy atom. The molecule has 0 unspecified atom stereocenters. The number of benzene rings is 1. The van der Waals surface area contributed by atoms with E-state index in [4.69, 9.17) is 0 Å². The lowest BCUT2D eigenvalue weighted by Crippen LogP contribution is -2.12. The van der Waals surface area contributed by atoms with Crippen LogP contribution in [0.25, 0.3) is 0 Å². The van der Waals surface area contributed by atoms with E-state index in [0.717, 1.165) is 16.5 Å². The number of carbonyl (C=O) groups excluding carboxylic acids is 1. The van der Waals surface area contributed by atoms with E-state index in [9.17, 15) is 9.18 Å². The highest BCUT2D eigenvalue weighted by atomic mass is 79.9. The van der Waals surface area contributed by atoms with Gasteiger partial charge in [-0.3, -0.25) is 4.79 Å². The molecule has 0 saturated heterocycles. The number of hydrogen-bond acceptors (Lipinski definition) is 1. The van der Waals surface area contributed by atoms with Gasteiger partial charge in [-0.15, -0.1) is 0 Å². The Balaban J connectivity index is 2.86. The normalized spacial score (nSPS) is 10.1. The first-order valence-electron chi connectivity index (χ1n) is 4.80. The lowest BCUT2D eigenvalue weighted by atomic mass is 10.2. The lowest BCUT2D eigenvalue weighted by Gasteiger charge is -2.07. The van der Waals surface area contributed by atoms with E-state index >= 15 is 0 Å². The predicted octanol–water partition coefficient (Wildman–Crippen LogP) is 3.64. The minimum Gasteiger partial charge on any atom is -0.324 e. The Bertz CT molecular complexity index is 379. The smallest absolute Gasteiger partial charge is 0.224 e. The third-order valence-corrected chi connectivity index (χ3v) is 2.85. The average molecular weight is 274 g/mol. The van der Waals surface area contributed by atoms with Crippen molar-refractivity contribution in [2.45, 2.75) is 26.7 Å². The van der Waals surface area contributed by atoms with E-state index in [2.05, 4.69) is 21.2 Å². The van der Waals surface area contributed by atoms with Crippen LogP contribution in [-0.4, -0.2) is 5.91 Å². The molecule has 0 aliphatic rings. The van der Waals surface area contributed by atoms with Crippen molar-refractivity contribution in [1.82, 2.24) is 0 Å². The van der Waals surface area contributed by atoms with Crippen LogP contribution in [0.15, 0.2) is 16.6 Å². The molecule has 1 aromatic carbocycles. The third kappa shape index (κ3) is 3.30. The van der Waals surface area contributed by atoms with E-state index in [1.165, 1.54) is 6.07 Å². The number of amides is 1. The highest BCUT2D eigenvalue weighted by Gasteiger charge is 2.08. The minimum absolute atomic E-state index is 0.160. The van der Waals surface area contributed by atoms with Crippen molar-refractivity contribution in [3.05, 3.63) is 28.0 Å². The van der Waals surface area contributed by atoms with Crippen molar-refractivity contribution in [3.63, 3.8) is 0 Å². The largest absolute Gasteiger partial charge is 0.324 e. The molecule has 0 heterocycles. The number of halogens is 2. The fourth-order valence-electron chi connectivity index (χ4n) is 1.18. The van der Waals surface area contributed by atoms with Gasteiger partial charge in [0.15, 0.2) is 0 Å². The number of hydrogen-bond donors (Lipinski definition) is 1. The molecule has 0 bridgehead atoms. The Kier molecular flexibility index (Phi) is 4.27. The number of aryl methyl sites for hydroxylation is 1. The molecule has 15 heavy (non-hydrogen) atoms. The SMILES string of the molecule is CCCC(=O)Nc1cc(Br)c(C)cc1F. The molecule has 82 valence electrons. The first kappa shape index (κ1) is 12.2. The number of rotatable bonds is 3. The molecular formula is C11H13BrFNO. The molecule has 0 aromatic heterocycles. The van der Waals surface area contributed by atoms with E-state index in [0.29, 0.717) is 6.42 Å². The van der Waals surface area contributed by atoms with Gasteiger partial charge in [0.2, 0.25) is 5.91 Å². The van der Waals surface area contributed by atoms with Gasteiger partial charge in [-0.1, -0.05) is 22.9 Å². The van der Waals surface area contributed by atoms with Gasteiger partial charge in [0.25, 0.3) is 0 Å². The summed E-state index contributed by atoms with van der Waals surface area (Å²) in [4.78, 5) is 11.3. The summed E-state index contributed by atoms with van der Waals surface area (Å²) in [6, 6.07) is 2.98. The molecular weight excluding hydrogens is 261 g/mol. The molecule has 0 saturated carbocycles. The van der Waals surface area contributed by atoms with Crippen molar-refractivity contribution in [3.8, 4) is 0 Å². The number of anilines is 1. The van der Waals surface area contributed by atoms with Crippen LogP contribution in [0.3, 0.4) is 0 Å². The third-order valence-electron chi connectivity index (χ3n) is 2.00. The minimum atomic E-state index is -0.403. The lowest BCUT2D eigenvalue weighted by molar-refractivity contribution is -0.116. The second-order valence-electron chi connectivity index (χ2n) is 3.38. The summed E-state index contributed by atoms with van der Waals surface area (Å²) in [6.07, 6.45) is 1.16. The van der Waals surface area contributed by atoms with E-state index in [1.54, 1.807) is 13.0 Å². The van der Waals surface area contributed by atoms with Crippen molar-refractivity contribution < 1.29 is 9.18 Å². The Hall–Kier alpha value is -0.900. The van der Waals surface area contributed by atoms with E-state index < -0.39 is 5.82 Å². The highest BCUT2D eigenvalue weighted by Crippen LogP contribution is 2.24. The van der Waals surface area contributed by atoms with Gasteiger partial charge in [0.05, 0.1) is 5.69 Å². The second kappa shape index (κ2) is 5.26. The molecule has 4 heteroatoms. The fourth-order valence-corrected chi connectivity index (χ4v) is 1.53. The van der Waals surface area contributed by atoms with Crippen molar-refractivity contribution >= 4 is 27.5 Å². The maximum atomic E-state index is 13.4. The van der Waals surface area contributed by atoms with Gasteiger partial charge in [-0.2, -0.15) is 0 Å². The fraction of sp³-hybridized carbons (Fsp3) is 0.364. The van der Waals surface area contributed by atoms with Gasteiger partial charge in [-0.05, 0) is 31.0 Å². The Morgan fingerprint density at radius 1 is 1.53 bits per heavy atom. The molecule has 0 fully saturated rings. The molecule has 1 amide bonds. The van der Waals surface area contributed by atoms with Crippen molar-refractivity contribution in [1.29, 1.82) is 0 Å². The molecule has 0 radical (unpaired) electrons. The van der Waals surface area contributed by atoms with Crippen LogP contribution in [0.5, 0.6) is 0 Å². The summed E-state index contributed by atoms with van der Waals surface area (Å²) in [5.41, 5.74) is 1.03. The number of carbonyl (C=O) groups is 1.